The van der Waals surface area contributed by atoms with E-state index >= 15 is 0 Å². The van der Waals surface area contributed by atoms with Gasteiger partial charge in [-0.2, -0.15) is 0 Å². The number of sulfone groups is 1. The molecule has 32 heavy (non-hydrogen) atoms. The lowest BCUT2D eigenvalue weighted by Crippen LogP contribution is -2.42. The van der Waals surface area contributed by atoms with E-state index in [0.29, 0.717) is 35.1 Å². The fourth-order valence-electron chi connectivity index (χ4n) is 3.73. The molecule has 0 radical (unpaired) electrons. The van der Waals surface area contributed by atoms with Crippen molar-refractivity contribution in [3.8, 4) is 23.0 Å². The molecule has 11 heteroatoms. The number of hydrogen-bond donors (Lipinski definition) is 0. The van der Waals surface area contributed by atoms with Gasteiger partial charge >= 0.3 is 0 Å². The first-order chi connectivity index (χ1) is 15.5. The molecule has 0 bridgehead atoms. The van der Waals surface area contributed by atoms with Crippen LogP contribution in [0.3, 0.4) is 0 Å². The van der Waals surface area contributed by atoms with Crippen LogP contribution >= 0.6 is 11.8 Å². The minimum Gasteiger partial charge on any atom is -0.454 e. The summed E-state index contributed by atoms with van der Waals surface area (Å²) in [6.45, 7) is 0.173. The quantitative estimate of drug-likeness (QED) is 0.499. The van der Waals surface area contributed by atoms with Crippen LogP contribution in [0.4, 0.5) is 5.69 Å². The number of anilines is 1. The van der Waals surface area contributed by atoms with Gasteiger partial charge in [0.25, 0.3) is 5.22 Å². The number of amides is 1. The first kappa shape index (κ1) is 20.8. The van der Waals surface area contributed by atoms with E-state index in [-0.39, 0.29) is 41.2 Å². The number of ether oxygens (including phenoxy) is 2. The summed E-state index contributed by atoms with van der Waals surface area (Å²) in [6, 6.07) is 14.0. The molecule has 0 N–H and O–H groups in total. The number of hydrogen-bond acceptors (Lipinski definition) is 9. The van der Waals surface area contributed by atoms with E-state index in [9.17, 15) is 13.2 Å². The number of nitrogens with zero attached hydrogens (tertiary/aromatic N) is 3. The maximum absolute atomic E-state index is 13.1. The average molecular weight is 474 g/mol. The van der Waals surface area contributed by atoms with Crippen LogP contribution in [-0.4, -0.2) is 54.6 Å². The van der Waals surface area contributed by atoms with Crippen LogP contribution < -0.4 is 14.4 Å². The van der Waals surface area contributed by atoms with Crippen molar-refractivity contribution in [2.24, 2.45) is 0 Å². The van der Waals surface area contributed by atoms with E-state index in [1.54, 1.807) is 35.2 Å². The highest BCUT2D eigenvalue weighted by Gasteiger charge is 2.35. The number of carbonyl (C=O) groups excluding carboxylic acids is 1. The van der Waals surface area contributed by atoms with Crippen LogP contribution in [0, 0.1) is 0 Å². The Morgan fingerprint density at radius 3 is 2.69 bits per heavy atom. The molecule has 3 aromatic rings. The number of rotatable bonds is 6. The Kier molecular flexibility index (Phi) is 5.51. The SMILES string of the molecule is O=C(CSc1nnc(-c2ccc3c(c2)OCO3)o1)N(c1ccccc1)C1CCS(=O)(=O)C1. The number of aromatic nitrogens is 2. The third kappa shape index (κ3) is 4.30. The zero-order valence-electron chi connectivity index (χ0n) is 16.8. The highest BCUT2D eigenvalue weighted by molar-refractivity contribution is 7.99. The predicted octanol–water partition coefficient (Wildman–Crippen LogP) is 2.78. The van der Waals surface area contributed by atoms with Gasteiger partial charge in [-0.3, -0.25) is 4.79 Å². The maximum Gasteiger partial charge on any atom is 0.277 e. The topological polar surface area (TPSA) is 112 Å². The number of fused-ring (bicyclic) bond motifs is 1. The normalized spacial score (nSPS) is 18.6. The lowest BCUT2D eigenvalue weighted by molar-refractivity contribution is -0.116. The molecule has 3 heterocycles. The molecule has 2 aromatic carbocycles. The zero-order valence-corrected chi connectivity index (χ0v) is 18.5. The van der Waals surface area contributed by atoms with Crippen LogP contribution in [0.1, 0.15) is 6.42 Å². The molecule has 5 rings (SSSR count). The molecular weight excluding hydrogens is 454 g/mol. The molecule has 9 nitrogen and oxygen atoms in total. The second kappa shape index (κ2) is 8.47. The molecule has 1 aromatic heterocycles. The summed E-state index contributed by atoms with van der Waals surface area (Å²) < 4.78 is 40.4. The Bertz CT molecular complexity index is 1250. The van der Waals surface area contributed by atoms with Crippen molar-refractivity contribution in [3.63, 3.8) is 0 Å². The first-order valence-corrected chi connectivity index (χ1v) is 12.7. The molecule has 0 saturated carbocycles. The average Bonchev–Trinajstić information content (AvgIpc) is 3.52. The smallest absolute Gasteiger partial charge is 0.277 e. The van der Waals surface area contributed by atoms with Gasteiger partial charge in [0.2, 0.25) is 18.6 Å². The third-order valence-electron chi connectivity index (χ3n) is 5.22. The Morgan fingerprint density at radius 2 is 1.91 bits per heavy atom. The van der Waals surface area contributed by atoms with E-state index in [2.05, 4.69) is 10.2 Å². The summed E-state index contributed by atoms with van der Waals surface area (Å²) in [5, 5.41) is 8.32. The van der Waals surface area contributed by atoms with E-state index in [4.69, 9.17) is 13.9 Å². The molecular formula is C21H19N3O6S2. The van der Waals surface area contributed by atoms with Crippen LogP contribution in [-0.2, 0) is 14.6 Å². The Labute approximate surface area is 188 Å². The van der Waals surface area contributed by atoms with Crippen molar-refractivity contribution in [3.05, 3.63) is 48.5 Å². The monoisotopic (exact) mass is 473 g/mol. The number of benzene rings is 2. The molecule has 1 fully saturated rings. The van der Waals surface area contributed by atoms with E-state index in [0.717, 1.165) is 11.8 Å². The molecule has 1 unspecified atom stereocenters. The van der Waals surface area contributed by atoms with Crippen molar-refractivity contribution in [1.82, 2.24) is 10.2 Å². The highest BCUT2D eigenvalue weighted by Crippen LogP contribution is 2.36. The van der Waals surface area contributed by atoms with Gasteiger partial charge in [-0.25, -0.2) is 8.42 Å². The largest absolute Gasteiger partial charge is 0.454 e. The van der Waals surface area contributed by atoms with Crippen molar-refractivity contribution < 1.29 is 27.1 Å². The maximum atomic E-state index is 13.1. The molecule has 1 atom stereocenters. The molecule has 1 amide bonds. The summed E-state index contributed by atoms with van der Waals surface area (Å²) >= 11 is 1.11. The van der Waals surface area contributed by atoms with Gasteiger partial charge in [-0.15, -0.1) is 10.2 Å². The van der Waals surface area contributed by atoms with Gasteiger partial charge < -0.3 is 18.8 Å². The van der Waals surface area contributed by atoms with Crippen LogP contribution in [0.5, 0.6) is 11.5 Å². The molecule has 2 aliphatic rings. The van der Waals surface area contributed by atoms with E-state index < -0.39 is 9.84 Å². The van der Waals surface area contributed by atoms with Crippen molar-refractivity contribution in [1.29, 1.82) is 0 Å². The first-order valence-electron chi connectivity index (χ1n) is 9.92. The van der Waals surface area contributed by atoms with E-state index in [1.807, 2.05) is 18.2 Å². The molecule has 0 aliphatic carbocycles. The summed E-state index contributed by atoms with van der Waals surface area (Å²) in [4.78, 5) is 14.7. The van der Waals surface area contributed by atoms with Crippen molar-refractivity contribution in [2.45, 2.75) is 17.7 Å². The number of thioether (sulfide) groups is 1. The van der Waals surface area contributed by atoms with Crippen molar-refractivity contribution in [2.75, 3.05) is 29.0 Å². The fourth-order valence-corrected chi connectivity index (χ4v) is 6.06. The summed E-state index contributed by atoms with van der Waals surface area (Å²) in [5.74, 6) is 1.44. The van der Waals surface area contributed by atoms with Crippen molar-refractivity contribution >= 4 is 33.2 Å². The second-order valence-corrected chi connectivity index (χ2v) is 10.5. The minimum absolute atomic E-state index is 0.0346. The van der Waals surface area contributed by atoms with Gasteiger partial charge in [0.1, 0.15) is 0 Å². The Morgan fingerprint density at radius 1 is 1.09 bits per heavy atom. The zero-order chi connectivity index (χ0) is 22.1. The Balaban J connectivity index is 1.30. The van der Waals surface area contributed by atoms with Crippen LogP contribution in [0.25, 0.3) is 11.5 Å². The van der Waals surface area contributed by atoms with Gasteiger partial charge in [-0.1, -0.05) is 30.0 Å². The highest BCUT2D eigenvalue weighted by atomic mass is 32.2. The lowest BCUT2D eigenvalue weighted by atomic mass is 10.2. The summed E-state index contributed by atoms with van der Waals surface area (Å²) in [5.41, 5.74) is 1.36. The van der Waals surface area contributed by atoms with Gasteiger partial charge in [0, 0.05) is 11.3 Å². The van der Waals surface area contributed by atoms with Gasteiger partial charge in [0.15, 0.2) is 21.3 Å². The fraction of sp³-hybridized carbons (Fsp3) is 0.286. The minimum atomic E-state index is -3.14. The van der Waals surface area contributed by atoms with E-state index in [1.165, 1.54) is 0 Å². The number of carbonyl (C=O) groups is 1. The summed E-state index contributed by atoms with van der Waals surface area (Å²) in [7, 11) is -3.14. The Hall–Kier alpha value is -3.05. The molecule has 2 aliphatic heterocycles. The third-order valence-corrected chi connectivity index (χ3v) is 7.78. The van der Waals surface area contributed by atoms with Gasteiger partial charge in [-0.05, 0) is 36.8 Å². The summed E-state index contributed by atoms with van der Waals surface area (Å²) in [6.07, 6.45) is 0.419. The van der Waals surface area contributed by atoms with Gasteiger partial charge in [0.05, 0.1) is 23.3 Å². The molecule has 0 spiro atoms. The molecule has 166 valence electrons. The molecule has 1 saturated heterocycles. The van der Waals surface area contributed by atoms with Crippen LogP contribution in [0.2, 0.25) is 0 Å². The number of para-hydroxylation sites is 1. The van der Waals surface area contributed by atoms with Crippen LogP contribution in [0.15, 0.2) is 58.2 Å². The lowest BCUT2D eigenvalue weighted by Gasteiger charge is -2.28. The predicted molar refractivity (Wildman–Crippen MR) is 118 cm³/mol. The second-order valence-electron chi connectivity index (χ2n) is 7.39. The standard InChI is InChI=1S/C21H19N3O6S2/c25-19(24(15-4-2-1-3-5-15)16-8-9-32(26,27)12-16)11-31-21-23-22-20(30-21)14-6-7-17-18(10-14)29-13-28-17/h1-7,10,16H,8-9,11-13H2.